The average Bonchev–Trinajstić information content (AvgIpc) is 3.34. The Morgan fingerprint density at radius 1 is 0.867 bits per heavy atom. The number of rotatable bonds is 10. The first-order chi connectivity index (χ1) is 14.7. The quantitative estimate of drug-likeness (QED) is 0.508. The minimum atomic E-state index is 0.533. The van der Waals surface area contributed by atoms with E-state index < -0.39 is 0 Å². The lowest BCUT2D eigenvalue weighted by Gasteiger charge is -2.31. The highest BCUT2D eigenvalue weighted by atomic mass is 16.5. The topological polar surface area (TPSA) is 47.9 Å². The lowest BCUT2D eigenvalue weighted by atomic mass is 9.75. The molecule has 0 radical (unpaired) electrons. The van der Waals surface area contributed by atoms with E-state index in [-0.39, 0.29) is 0 Å². The maximum Gasteiger partial charge on any atom is 0.119 e. The zero-order valence-corrected chi connectivity index (χ0v) is 18.9. The van der Waals surface area contributed by atoms with Gasteiger partial charge in [-0.25, -0.2) is 0 Å². The van der Waals surface area contributed by atoms with Crippen LogP contribution in [0.5, 0.6) is 5.75 Å². The van der Waals surface area contributed by atoms with Gasteiger partial charge < -0.3 is 19.3 Å². The number of benzene rings is 1. The molecule has 0 aliphatic heterocycles. The largest absolute Gasteiger partial charge is 0.508 e. The fourth-order valence-electron chi connectivity index (χ4n) is 6.44. The number of aryl methyl sites for hydroxylation is 1. The van der Waals surface area contributed by atoms with Gasteiger partial charge in [0, 0.05) is 13.7 Å². The maximum atomic E-state index is 10.6. The van der Waals surface area contributed by atoms with Gasteiger partial charge >= 0.3 is 0 Å². The van der Waals surface area contributed by atoms with Crippen LogP contribution >= 0.6 is 0 Å². The molecule has 0 aromatic heterocycles. The molecule has 0 spiro atoms. The summed E-state index contributed by atoms with van der Waals surface area (Å²) in [6.45, 7) is 5.70. The number of phenols is 1. The van der Waals surface area contributed by atoms with Gasteiger partial charge in [-0.3, -0.25) is 0 Å². The van der Waals surface area contributed by atoms with E-state index in [2.05, 4.69) is 19.1 Å². The summed E-state index contributed by atoms with van der Waals surface area (Å²) in [5.41, 5.74) is 4.03. The number of aromatic hydroxyl groups is 1. The third kappa shape index (κ3) is 5.03. The van der Waals surface area contributed by atoms with Gasteiger partial charge in [-0.05, 0) is 91.4 Å². The molecule has 3 aliphatic rings. The Kier molecular flexibility index (Phi) is 7.72. The van der Waals surface area contributed by atoms with E-state index in [1.54, 1.807) is 7.11 Å². The predicted octanol–water partition coefficient (Wildman–Crippen LogP) is 5.56. The zero-order valence-electron chi connectivity index (χ0n) is 18.9. The lowest BCUT2D eigenvalue weighted by Crippen LogP contribution is -2.22. The van der Waals surface area contributed by atoms with Crippen molar-refractivity contribution in [2.75, 3.05) is 40.1 Å². The standard InChI is InChI=1S/C26H40O4/c1-18-12-26(27)25(19-6-4-3-5-7-19)16-23(18)24-15-20-13-21(24)14-22(20)17-30-11-10-29-9-8-28-2/h12,16,19-22,24,27H,3-11,13-15,17H2,1-2H3. The van der Waals surface area contributed by atoms with Gasteiger partial charge in [-0.1, -0.05) is 25.3 Å². The number of hydrogen-bond donors (Lipinski definition) is 1. The van der Waals surface area contributed by atoms with E-state index >= 15 is 0 Å². The number of fused-ring (bicyclic) bond motifs is 2. The van der Waals surface area contributed by atoms with E-state index in [4.69, 9.17) is 14.2 Å². The third-order valence-corrected chi connectivity index (χ3v) is 8.00. The molecule has 2 bridgehead atoms. The third-order valence-electron chi connectivity index (χ3n) is 8.00. The fraction of sp³-hybridized carbons (Fsp3) is 0.769. The molecular formula is C26H40O4. The van der Waals surface area contributed by atoms with Crippen molar-refractivity contribution in [2.24, 2.45) is 17.8 Å². The highest BCUT2D eigenvalue weighted by molar-refractivity contribution is 5.45. The van der Waals surface area contributed by atoms with Crippen LogP contribution in [0.1, 0.15) is 79.9 Å². The molecule has 4 atom stereocenters. The molecule has 0 heterocycles. The van der Waals surface area contributed by atoms with Gasteiger partial charge in [-0.2, -0.15) is 0 Å². The SMILES string of the molecule is COCCOCCOCC1CC2CC1CC2c1cc(C2CCCCC2)c(O)cc1C. The Morgan fingerprint density at radius 3 is 2.37 bits per heavy atom. The van der Waals surface area contributed by atoms with Crippen LogP contribution in [-0.2, 0) is 14.2 Å². The summed E-state index contributed by atoms with van der Waals surface area (Å²) in [6.07, 6.45) is 10.4. The average molecular weight is 417 g/mol. The molecule has 4 rings (SSSR count). The van der Waals surface area contributed by atoms with Crippen LogP contribution in [0.2, 0.25) is 0 Å². The summed E-state index contributed by atoms with van der Waals surface area (Å²) in [7, 11) is 1.69. The molecule has 3 saturated carbocycles. The van der Waals surface area contributed by atoms with Gasteiger partial charge in [0.2, 0.25) is 0 Å². The van der Waals surface area contributed by atoms with Crippen LogP contribution < -0.4 is 0 Å². The number of phenolic OH excluding ortho intramolecular Hbond substituents is 1. The Labute approximate surface area is 182 Å². The van der Waals surface area contributed by atoms with Crippen molar-refractivity contribution in [3.05, 3.63) is 28.8 Å². The molecule has 1 N–H and O–H groups in total. The molecule has 1 aromatic carbocycles. The van der Waals surface area contributed by atoms with Gasteiger partial charge in [-0.15, -0.1) is 0 Å². The summed E-state index contributed by atoms with van der Waals surface area (Å²) in [4.78, 5) is 0. The van der Waals surface area contributed by atoms with E-state index in [0.29, 0.717) is 49.9 Å². The van der Waals surface area contributed by atoms with Crippen molar-refractivity contribution >= 4 is 0 Å². The lowest BCUT2D eigenvalue weighted by molar-refractivity contribution is 0.00912. The molecule has 1 aromatic rings. The molecule has 4 unspecified atom stereocenters. The summed E-state index contributed by atoms with van der Waals surface area (Å²) >= 11 is 0. The first-order valence-electron chi connectivity index (χ1n) is 12.1. The maximum absolute atomic E-state index is 10.6. The van der Waals surface area contributed by atoms with Crippen molar-refractivity contribution in [1.82, 2.24) is 0 Å². The first-order valence-corrected chi connectivity index (χ1v) is 12.1. The second-order valence-corrected chi connectivity index (χ2v) is 9.88. The molecule has 3 fully saturated rings. The fourth-order valence-corrected chi connectivity index (χ4v) is 6.44. The molecule has 4 nitrogen and oxygen atoms in total. The minimum Gasteiger partial charge on any atom is -0.508 e. The van der Waals surface area contributed by atoms with Gasteiger partial charge in [0.25, 0.3) is 0 Å². The van der Waals surface area contributed by atoms with Crippen molar-refractivity contribution < 1.29 is 19.3 Å². The van der Waals surface area contributed by atoms with Crippen LogP contribution in [0, 0.1) is 24.7 Å². The Morgan fingerprint density at radius 2 is 1.63 bits per heavy atom. The second kappa shape index (κ2) is 10.5. The summed E-state index contributed by atoms with van der Waals surface area (Å²) in [5.74, 6) is 4.05. The van der Waals surface area contributed by atoms with Crippen LogP contribution in [0.4, 0.5) is 0 Å². The Balaban J connectivity index is 1.31. The van der Waals surface area contributed by atoms with Crippen LogP contribution in [0.3, 0.4) is 0 Å². The van der Waals surface area contributed by atoms with Crippen molar-refractivity contribution in [3.63, 3.8) is 0 Å². The zero-order chi connectivity index (χ0) is 20.9. The van der Waals surface area contributed by atoms with Gasteiger partial charge in [0.15, 0.2) is 0 Å². The number of hydrogen-bond acceptors (Lipinski definition) is 4. The van der Waals surface area contributed by atoms with Crippen molar-refractivity contribution in [3.8, 4) is 5.75 Å². The summed E-state index contributed by atoms with van der Waals surface area (Å²) in [5, 5.41) is 10.6. The number of ether oxygens (including phenoxy) is 3. The second-order valence-electron chi connectivity index (χ2n) is 9.88. The molecular weight excluding hydrogens is 376 g/mol. The minimum absolute atomic E-state index is 0.533. The predicted molar refractivity (Wildman–Crippen MR) is 119 cm³/mol. The highest BCUT2D eigenvalue weighted by Crippen LogP contribution is 2.56. The van der Waals surface area contributed by atoms with Crippen molar-refractivity contribution in [1.29, 1.82) is 0 Å². The first kappa shape index (κ1) is 22.1. The smallest absolute Gasteiger partial charge is 0.119 e. The Hall–Kier alpha value is -1.10. The van der Waals surface area contributed by atoms with Crippen molar-refractivity contribution in [2.45, 2.75) is 70.1 Å². The Bertz CT molecular complexity index is 682. The molecule has 0 amide bonds. The van der Waals surface area contributed by atoms with Gasteiger partial charge in [0.1, 0.15) is 5.75 Å². The summed E-state index contributed by atoms with van der Waals surface area (Å²) < 4.78 is 16.4. The molecule has 168 valence electrons. The van der Waals surface area contributed by atoms with Crippen LogP contribution in [0.15, 0.2) is 12.1 Å². The van der Waals surface area contributed by atoms with E-state index in [1.807, 2.05) is 0 Å². The normalized spacial score (nSPS) is 29.0. The molecule has 4 heteroatoms. The van der Waals surface area contributed by atoms with E-state index in [1.165, 1.54) is 68.1 Å². The molecule has 0 saturated heterocycles. The van der Waals surface area contributed by atoms with E-state index in [0.717, 1.165) is 18.4 Å². The summed E-state index contributed by atoms with van der Waals surface area (Å²) in [6, 6.07) is 4.45. The number of methoxy groups -OCH3 is 1. The monoisotopic (exact) mass is 416 g/mol. The van der Waals surface area contributed by atoms with Crippen LogP contribution in [-0.4, -0.2) is 45.3 Å². The van der Waals surface area contributed by atoms with E-state index in [9.17, 15) is 5.11 Å². The van der Waals surface area contributed by atoms with Crippen LogP contribution in [0.25, 0.3) is 0 Å². The van der Waals surface area contributed by atoms with Gasteiger partial charge in [0.05, 0.1) is 26.4 Å². The highest BCUT2D eigenvalue weighted by Gasteiger charge is 2.46. The molecule has 30 heavy (non-hydrogen) atoms. The molecule has 3 aliphatic carbocycles.